The van der Waals surface area contributed by atoms with Crippen LogP contribution < -0.4 is 0 Å². The van der Waals surface area contributed by atoms with Crippen LogP contribution in [-0.2, 0) is 26.1 Å². The number of hydrogen-bond acceptors (Lipinski definition) is 3. The molecule has 0 radical (unpaired) electrons. The van der Waals surface area contributed by atoms with Crippen LogP contribution in [0.2, 0.25) is 5.02 Å². The summed E-state index contributed by atoms with van der Waals surface area (Å²) >= 11 is 5.75. The molecule has 2 unspecified atom stereocenters. The Morgan fingerprint density at radius 2 is 2.00 bits per heavy atom. The van der Waals surface area contributed by atoms with Gasteiger partial charge in [-0.15, -0.1) is 0 Å². The van der Waals surface area contributed by atoms with E-state index in [2.05, 4.69) is 0 Å². The number of carbonyl (C=O) groups is 1. The Morgan fingerprint density at radius 3 is 2.53 bits per heavy atom. The third-order valence-electron chi connectivity index (χ3n) is 2.24. The van der Waals surface area contributed by atoms with E-state index in [-0.39, 0.29) is 0 Å². The summed E-state index contributed by atoms with van der Waals surface area (Å²) in [6.07, 6.45) is 0. The van der Waals surface area contributed by atoms with Gasteiger partial charge in [-0.1, -0.05) is 23.7 Å². The Labute approximate surface area is 109 Å². The number of halogens is 1. The van der Waals surface area contributed by atoms with Gasteiger partial charge in [0, 0.05) is 21.6 Å². The van der Waals surface area contributed by atoms with E-state index < -0.39 is 22.0 Å². The van der Waals surface area contributed by atoms with Crippen molar-refractivity contribution in [2.24, 2.45) is 0 Å². The van der Waals surface area contributed by atoms with Gasteiger partial charge in [0.2, 0.25) is 0 Å². The third kappa shape index (κ3) is 4.48. The molecule has 0 aromatic heterocycles. The minimum atomic E-state index is -1.27. The van der Waals surface area contributed by atoms with Crippen molar-refractivity contribution >= 4 is 28.4 Å². The van der Waals surface area contributed by atoms with Gasteiger partial charge >= 0.3 is 5.97 Å². The smallest absolute Gasteiger partial charge is 0.321 e. The summed E-state index contributed by atoms with van der Waals surface area (Å²) in [5, 5.41) is 0.0311. The summed E-state index contributed by atoms with van der Waals surface area (Å²) < 4.78 is 16.7. The van der Waals surface area contributed by atoms with Crippen molar-refractivity contribution in [3.05, 3.63) is 34.9 Å². The molecule has 1 rings (SSSR count). The van der Waals surface area contributed by atoms with Crippen molar-refractivity contribution in [2.45, 2.75) is 24.9 Å². The first kappa shape index (κ1) is 14.2. The molecule has 0 amide bonds. The fourth-order valence-electron chi connectivity index (χ4n) is 1.24. The number of benzene rings is 1. The van der Waals surface area contributed by atoms with Crippen LogP contribution in [0.5, 0.6) is 0 Å². The second kappa shape index (κ2) is 6.77. The topological polar surface area (TPSA) is 43.4 Å². The van der Waals surface area contributed by atoms with Crippen LogP contribution >= 0.6 is 11.6 Å². The lowest BCUT2D eigenvalue weighted by molar-refractivity contribution is -0.142. The molecule has 0 saturated carbocycles. The number of hydrogen-bond donors (Lipinski definition) is 0. The van der Waals surface area contributed by atoms with E-state index in [1.54, 1.807) is 38.1 Å². The van der Waals surface area contributed by atoms with E-state index in [0.717, 1.165) is 5.56 Å². The minimum absolute atomic E-state index is 0.307. The van der Waals surface area contributed by atoms with Crippen molar-refractivity contribution in [3.8, 4) is 0 Å². The zero-order valence-electron chi connectivity index (χ0n) is 9.81. The molecule has 1 aromatic carbocycles. The van der Waals surface area contributed by atoms with E-state index in [4.69, 9.17) is 16.3 Å². The predicted octanol–water partition coefficient (Wildman–Crippen LogP) is 2.54. The minimum Gasteiger partial charge on any atom is -0.465 e. The highest BCUT2D eigenvalue weighted by Gasteiger charge is 2.21. The average Bonchev–Trinajstić information content (AvgIpc) is 2.31. The molecular formula is C12H15ClO3S. The maximum absolute atomic E-state index is 11.9. The third-order valence-corrected chi connectivity index (χ3v) is 4.09. The summed E-state index contributed by atoms with van der Waals surface area (Å²) in [6, 6.07) is 7.09. The molecule has 0 aliphatic rings. The van der Waals surface area contributed by atoms with Crippen molar-refractivity contribution in [2.75, 3.05) is 6.61 Å². The Kier molecular flexibility index (Phi) is 5.65. The van der Waals surface area contributed by atoms with Crippen LogP contribution in [0, 0.1) is 0 Å². The molecule has 94 valence electrons. The van der Waals surface area contributed by atoms with Crippen LogP contribution in [0.4, 0.5) is 0 Å². The first-order valence-corrected chi connectivity index (χ1v) is 7.09. The summed E-state index contributed by atoms with van der Waals surface area (Å²) in [4.78, 5) is 11.4. The second-order valence-corrected chi connectivity index (χ2v) is 5.74. The molecule has 0 bridgehead atoms. The molecular weight excluding hydrogens is 260 g/mol. The average molecular weight is 275 g/mol. The summed E-state index contributed by atoms with van der Waals surface area (Å²) in [7, 11) is -1.27. The van der Waals surface area contributed by atoms with Gasteiger partial charge in [0.25, 0.3) is 0 Å². The highest BCUT2D eigenvalue weighted by atomic mass is 35.5. The van der Waals surface area contributed by atoms with Gasteiger partial charge in [-0.05, 0) is 31.5 Å². The van der Waals surface area contributed by atoms with Crippen molar-refractivity contribution in [3.63, 3.8) is 0 Å². The standard InChI is InChI=1S/C12H15ClO3S/c1-3-16-12(14)9(2)17(15)8-10-4-6-11(13)7-5-10/h4-7,9H,3,8H2,1-2H3. The Balaban J connectivity index is 2.59. The highest BCUT2D eigenvalue weighted by molar-refractivity contribution is 7.85. The largest absolute Gasteiger partial charge is 0.465 e. The van der Waals surface area contributed by atoms with Crippen LogP contribution in [0.3, 0.4) is 0 Å². The Hall–Kier alpha value is -0.870. The lowest BCUT2D eigenvalue weighted by Gasteiger charge is -2.10. The van der Waals surface area contributed by atoms with E-state index in [0.29, 0.717) is 17.4 Å². The molecule has 1 aromatic rings. The monoisotopic (exact) mass is 274 g/mol. The maximum Gasteiger partial charge on any atom is 0.321 e. The summed E-state index contributed by atoms with van der Waals surface area (Å²) in [6.45, 7) is 3.65. The van der Waals surface area contributed by atoms with Gasteiger partial charge in [0.1, 0.15) is 5.25 Å². The summed E-state index contributed by atoms with van der Waals surface area (Å²) in [5.74, 6) is -0.0863. The van der Waals surface area contributed by atoms with Crippen molar-refractivity contribution < 1.29 is 13.7 Å². The predicted molar refractivity (Wildman–Crippen MR) is 69.4 cm³/mol. The second-order valence-electron chi connectivity index (χ2n) is 3.55. The normalized spacial score (nSPS) is 14.1. The Morgan fingerprint density at radius 1 is 1.41 bits per heavy atom. The lowest BCUT2D eigenvalue weighted by atomic mass is 10.2. The lowest BCUT2D eigenvalue weighted by Crippen LogP contribution is -2.25. The summed E-state index contributed by atoms with van der Waals surface area (Å²) in [5.41, 5.74) is 0.892. The van der Waals surface area contributed by atoms with E-state index in [9.17, 15) is 9.00 Å². The SMILES string of the molecule is CCOC(=O)C(C)S(=O)Cc1ccc(Cl)cc1. The molecule has 0 aliphatic heterocycles. The van der Waals surface area contributed by atoms with Crippen molar-refractivity contribution in [1.29, 1.82) is 0 Å². The van der Waals surface area contributed by atoms with E-state index >= 15 is 0 Å². The molecule has 0 fully saturated rings. The van der Waals surface area contributed by atoms with Gasteiger partial charge in [-0.3, -0.25) is 9.00 Å². The molecule has 0 aliphatic carbocycles. The van der Waals surface area contributed by atoms with Gasteiger partial charge in [0.05, 0.1) is 6.61 Å². The molecule has 2 atom stereocenters. The fraction of sp³-hybridized carbons (Fsp3) is 0.417. The quantitative estimate of drug-likeness (QED) is 0.775. The van der Waals surface area contributed by atoms with Gasteiger partial charge in [0.15, 0.2) is 0 Å². The first-order valence-electron chi connectivity index (χ1n) is 5.33. The zero-order chi connectivity index (χ0) is 12.8. The fourth-order valence-corrected chi connectivity index (χ4v) is 2.42. The molecule has 0 saturated heterocycles. The number of carbonyl (C=O) groups excluding carboxylic acids is 1. The van der Waals surface area contributed by atoms with Crippen LogP contribution in [0.1, 0.15) is 19.4 Å². The molecule has 17 heavy (non-hydrogen) atoms. The number of ether oxygens (including phenoxy) is 1. The first-order chi connectivity index (χ1) is 8.04. The van der Waals surface area contributed by atoms with Crippen LogP contribution in [0.25, 0.3) is 0 Å². The van der Waals surface area contributed by atoms with Gasteiger partial charge in [-0.2, -0.15) is 0 Å². The molecule has 0 heterocycles. The maximum atomic E-state index is 11.9. The van der Waals surface area contributed by atoms with E-state index in [1.807, 2.05) is 0 Å². The van der Waals surface area contributed by atoms with Crippen molar-refractivity contribution in [1.82, 2.24) is 0 Å². The Bertz CT molecular complexity index is 403. The number of esters is 1. The molecule has 3 nitrogen and oxygen atoms in total. The molecule has 0 spiro atoms. The zero-order valence-corrected chi connectivity index (χ0v) is 11.4. The highest BCUT2D eigenvalue weighted by Crippen LogP contribution is 2.13. The van der Waals surface area contributed by atoms with Crippen LogP contribution in [0.15, 0.2) is 24.3 Å². The van der Waals surface area contributed by atoms with Gasteiger partial charge < -0.3 is 4.74 Å². The number of rotatable bonds is 5. The van der Waals surface area contributed by atoms with E-state index in [1.165, 1.54) is 0 Å². The molecule has 5 heteroatoms. The van der Waals surface area contributed by atoms with Gasteiger partial charge in [-0.25, -0.2) is 0 Å². The van der Waals surface area contributed by atoms with Crippen LogP contribution in [-0.4, -0.2) is 22.0 Å². The molecule has 0 N–H and O–H groups in total.